The Labute approximate surface area is 211 Å². The van der Waals surface area contributed by atoms with Crippen LogP contribution in [0.25, 0.3) is 0 Å². The van der Waals surface area contributed by atoms with E-state index >= 15 is 0 Å². The van der Waals surface area contributed by atoms with Crippen molar-refractivity contribution >= 4 is 17.7 Å². The van der Waals surface area contributed by atoms with Crippen LogP contribution in [-0.2, 0) is 23.9 Å². The van der Waals surface area contributed by atoms with Gasteiger partial charge in [-0.05, 0) is 69.6 Å². The molecule has 0 aromatic heterocycles. The molecule has 0 saturated heterocycles. The van der Waals surface area contributed by atoms with Gasteiger partial charge in [0.1, 0.15) is 12.0 Å². The Morgan fingerprint density at radius 2 is 1.89 bits per heavy atom. The van der Waals surface area contributed by atoms with Crippen molar-refractivity contribution in [1.82, 2.24) is 5.32 Å². The van der Waals surface area contributed by atoms with Crippen LogP contribution >= 0.6 is 0 Å². The van der Waals surface area contributed by atoms with Gasteiger partial charge < -0.3 is 24.6 Å². The van der Waals surface area contributed by atoms with Gasteiger partial charge in [0, 0.05) is 22.9 Å². The summed E-state index contributed by atoms with van der Waals surface area (Å²) in [5, 5.41) is 13.6. The van der Waals surface area contributed by atoms with Gasteiger partial charge in [-0.25, -0.2) is 4.79 Å². The van der Waals surface area contributed by atoms with Gasteiger partial charge in [0.05, 0.1) is 19.3 Å². The third kappa shape index (κ3) is 4.86. The Morgan fingerprint density at radius 3 is 2.56 bits per heavy atom. The number of hydrogen-bond donors (Lipinski definition) is 2. The fourth-order valence-electron chi connectivity index (χ4n) is 5.66. The molecule has 0 amide bonds. The second-order valence-corrected chi connectivity index (χ2v) is 9.86. The highest BCUT2D eigenvalue weighted by atomic mass is 16.5. The molecule has 0 radical (unpaired) electrons. The Bertz CT molecular complexity index is 1110. The molecule has 2 N–H and O–H groups in total. The monoisotopic (exact) mass is 497 g/mol. The van der Waals surface area contributed by atoms with E-state index in [0.29, 0.717) is 41.1 Å². The Morgan fingerprint density at radius 1 is 1.17 bits per heavy atom. The first-order chi connectivity index (χ1) is 17.3. The SMILES string of the molecule is CCOc1cc([C@H]2C(C(=O)OC3CCCCC3)=C(C)NC3=C2C(=O)[C@@H](C(=O)OC)[C@@H](C)C3)ccc1O. The highest BCUT2D eigenvalue weighted by Crippen LogP contribution is 2.47. The summed E-state index contributed by atoms with van der Waals surface area (Å²) in [6.07, 6.45) is 5.09. The number of carbonyl (C=O) groups is 3. The number of carbonyl (C=O) groups excluding carboxylic acids is 3. The van der Waals surface area contributed by atoms with Crippen molar-refractivity contribution in [3.8, 4) is 11.5 Å². The van der Waals surface area contributed by atoms with Crippen molar-refractivity contribution in [1.29, 1.82) is 0 Å². The number of Topliss-reactive ketones (excluding diaryl/α,β-unsaturated/α-hetero) is 1. The van der Waals surface area contributed by atoms with Crippen LogP contribution in [0.2, 0.25) is 0 Å². The molecule has 1 aliphatic heterocycles. The predicted octanol–water partition coefficient (Wildman–Crippen LogP) is 4.28. The van der Waals surface area contributed by atoms with E-state index in [2.05, 4.69) is 5.32 Å². The molecule has 4 rings (SSSR count). The lowest BCUT2D eigenvalue weighted by molar-refractivity contribution is -0.151. The Balaban J connectivity index is 1.82. The van der Waals surface area contributed by atoms with Crippen LogP contribution in [0.1, 0.15) is 70.8 Å². The first kappa shape index (κ1) is 25.8. The molecule has 1 saturated carbocycles. The zero-order chi connectivity index (χ0) is 26.0. The molecule has 1 aromatic rings. The van der Waals surface area contributed by atoms with Crippen LogP contribution in [0.5, 0.6) is 11.5 Å². The van der Waals surface area contributed by atoms with Gasteiger partial charge in [0.2, 0.25) is 0 Å². The van der Waals surface area contributed by atoms with Gasteiger partial charge in [0.25, 0.3) is 0 Å². The number of ketones is 1. The van der Waals surface area contributed by atoms with Crippen LogP contribution in [0, 0.1) is 11.8 Å². The Kier molecular flexibility index (Phi) is 7.71. The van der Waals surface area contributed by atoms with Crippen molar-refractivity contribution in [2.24, 2.45) is 11.8 Å². The number of benzene rings is 1. The van der Waals surface area contributed by atoms with Crippen LogP contribution in [0.4, 0.5) is 0 Å². The van der Waals surface area contributed by atoms with Gasteiger partial charge in [-0.1, -0.05) is 19.4 Å². The highest BCUT2D eigenvalue weighted by molar-refractivity contribution is 6.12. The second kappa shape index (κ2) is 10.8. The third-order valence-corrected chi connectivity index (χ3v) is 7.41. The van der Waals surface area contributed by atoms with Crippen LogP contribution in [0.15, 0.2) is 40.7 Å². The summed E-state index contributed by atoms with van der Waals surface area (Å²) in [5.41, 5.74) is 2.60. The molecule has 3 atom stereocenters. The maximum absolute atomic E-state index is 13.8. The zero-order valence-electron chi connectivity index (χ0n) is 21.4. The van der Waals surface area contributed by atoms with Crippen molar-refractivity contribution in [2.75, 3.05) is 13.7 Å². The molecule has 0 bridgehead atoms. The smallest absolute Gasteiger partial charge is 0.337 e. The summed E-state index contributed by atoms with van der Waals surface area (Å²) in [4.78, 5) is 40.1. The van der Waals surface area contributed by atoms with E-state index in [1.54, 1.807) is 26.0 Å². The number of allylic oxidation sites excluding steroid dienone is 3. The number of aromatic hydroxyl groups is 1. The molecule has 3 aliphatic rings. The molecule has 2 aliphatic carbocycles. The van der Waals surface area contributed by atoms with Crippen LogP contribution in [0.3, 0.4) is 0 Å². The minimum Gasteiger partial charge on any atom is -0.504 e. The predicted molar refractivity (Wildman–Crippen MR) is 132 cm³/mol. The number of rotatable bonds is 6. The number of nitrogens with one attached hydrogen (secondary N) is 1. The van der Waals surface area contributed by atoms with Gasteiger partial charge in [-0.2, -0.15) is 0 Å². The minimum absolute atomic E-state index is 0.0354. The molecule has 8 nitrogen and oxygen atoms in total. The van der Waals surface area contributed by atoms with Crippen LogP contribution < -0.4 is 10.1 Å². The number of methoxy groups -OCH3 is 1. The first-order valence-electron chi connectivity index (χ1n) is 12.8. The second-order valence-electron chi connectivity index (χ2n) is 9.86. The summed E-state index contributed by atoms with van der Waals surface area (Å²) in [5.74, 6) is -3.21. The van der Waals surface area contributed by atoms with Crippen molar-refractivity contribution in [3.05, 3.63) is 46.3 Å². The molecule has 194 valence electrons. The third-order valence-electron chi connectivity index (χ3n) is 7.41. The number of esters is 2. The van der Waals surface area contributed by atoms with Crippen LogP contribution in [-0.4, -0.2) is 42.6 Å². The van der Waals surface area contributed by atoms with E-state index < -0.39 is 23.8 Å². The molecule has 36 heavy (non-hydrogen) atoms. The van der Waals surface area contributed by atoms with Gasteiger partial charge in [-0.3, -0.25) is 9.59 Å². The molecule has 0 spiro atoms. The molecule has 1 heterocycles. The zero-order valence-corrected chi connectivity index (χ0v) is 21.4. The first-order valence-corrected chi connectivity index (χ1v) is 12.8. The summed E-state index contributed by atoms with van der Waals surface area (Å²) in [6.45, 7) is 5.80. The number of phenols is 1. The average Bonchev–Trinajstić information content (AvgIpc) is 2.85. The molecule has 8 heteroatoms. The van der Waals surface area contributed by atoms with E-state index in [1.165, 1.54) is 13.2 Å². The van der Waals surface area contributed by atoms with E-state index in [-0.39, 0.29) is 29.3 Å². The highest BCUT2D eigenvalue weighted by Gasteiger charge is 2.47. The lowest BCUT2D eigenvalue weighted by Gasteiger charge is -2.38. The Hall–Kier alpha value is -3.29. The van der Waals surface area contributed by atoms with E-state index in [4.69, 9.17) is 14.2 Å². The van der Waals surface area contributed by atoms with E-state index in [9.17, 15) is 19.5 Å². The van der Waals surface area contributed by atoms with Gasteiger partial charge in [-0.15, -0.1) is 0 Å². The largest absolute Gasteiger partial charge is 0.504 e. The summed E-state index contributed by atoms with van der Waals surface area (Å²) >= 11 is 0. The molecular weight excluding hydrogens is 462 g/mol. The van der Waals surface area contributed by atoms with E-state index in [0.717, 1.165) is 32.1 Å². The molecule has 0 unspecified atom stereocenters. The summed E-state index contributed by atoms with van der Waals surface area (Å²) in [7, 11) is 1.27. The maximum Gasteiger partial charge on any atom is 0.337 e. The molecule has 1 fully saturated rings. The summed E-state index contributed by atoms with van der Waals surface area (Å²) < 4.78 is 16.5. The fraction of sp³-hybridized carbons (Fsp3) is 0.536. The topological polar surface area (TPSA) is 111 Å². The average molecular weight is 498 g/mol. The number of phenolic OH excluding ortho intramolecular Hbond substituents is 1. The lowest BCUT2D eigenvalue weighted by Crippen LogP contribution is -2.43. The maximum atomic E-state index is 13.8. The van der Waals surface area contributed by atoms with Crippen molar-refractivity contribution in [2.45, 2.75) is 71.3 Å². The fourth-order valence-corrected chi connectivity index (χ4v) is 5.66. The number of ether oxygens (including phenoxy) is 3. The minimum atomic E-state index is -0.962. The van der Waals surface area contributed by atoms with Gasteiger partial charge in [0.15, 0.2) is 17.3 Å². The normalized spacial score (nSPS) is 24.7. The standard InChI is InChI=1S/C28H35NO7/c1-5-35-21-14-17(11-12-20(21)30)24-23(28(33)36-18-9-7-6-8-10-18)16(3)29-19-13-15(2)22(27(32)34-4)26(31)25(19)24/h11-12,14-15,18,22,24,29-30H,5-10,13H2,1-4H3/t15-,22-,24-/m0/s1. The quantitative estimate of drug-likeness (QED) is 0.443. The van der Waals surface area contributed by atoms with Crippen molar-refractivity contribution in [3.63, 3.8) is 0 Å². The molecule has 1 aromatic carbocycles. The van der Waals surface area contributed by atoms with E-state index in [1.807, 2.05) is 6.92 Å². The van der Waals surface area contributed by atoms with Gasteiger partial charge >= 0.3 is 11.9 Å². The number of hydrogen-bond acceptors (Lipinski definition) is 8. The summed E-state index contributed by atoms with van der Waals surface area (Å²) in [6, 6.07) is 4.83. The number of dihydropyridines is 1. The lowest BCUT2D eigenvalue weighted by atomic mass is 9.69. The molecular formula is C28H35NO7. The van der Waals surface area contributed by atoms with Crippen molar-refractivity contribution < 1.29 is 33.7 Å².